The summed E-state index contributed by atoms with van der Waals surface area (Å²) in [4.78, 5) is 13.3. The maximum absolute atomic E-state index is 11.3. The minimum atomic E-state index is 0.289. The highest BCUT2D eigenvalue weighted by atomic mass is 32.2. The molecule has 2 fully saturated rings. The van der Waals surface area contributed by atoms with Crippen molar-refractivity contribution < 1.29 is 4.79 Å². The van der Waals surface area contributed by atoms with Gasteiger partial charge in [-0.15, -0.1) is 11.8 Å². The van der Waals surface area contributed by atoms with Crippen LogP contribution in [0, 0.1) is 5.41 Å². The Balaban J connectivity index is 2.17. The fourth-order valence-electron chi connectivity index (χ4n) is 1.81. The lowest BCUT2D eigenvalue weighted by atomic mass is 9.84. The Morgan fingerprint density at radius 3 is 2.75 bits per heavy atom. The van der Waals surface area contributed by atoms with Crippen LogP contribution in [-0.2, 0) is 4.79 Å². The first kappa shape index (κ1) is 8.42. The van der Waals surface area contributed by atoms with Crippen LogP contribution in [0.15, 0.2) is 0 Å². The Hall–Kier alpha value is -0.180. The summed E-state index contributed by atoms with van der Waals surface area (Å²) in [5.74, 6) is 1.52. The molecule has 2 aliphatic rings. The summed E-state index contributed by atoms with van der Waals surface area (Å²) < 4.78 is 0. The number of carbonyl (C=O) groups excluding carboxylic acids is 1. The lowest BCUT2D eigenvalue weighted by molar-refractivity contribution is -0.148. The van der Waals surface area contributed by atoms with E-state index < -0.39 is 0 Å². The number of carbonyl (C=O) groups is 1. The standard InChI is InChI=1S/C9H15NOS/c1-6-9(2,3)5-12-8-4-7(11)10(6)8/h6,8H,4-5H2,1-3H3. The molecule has 2 nitrogen and oxygen atoms in total. The van der Waals surface area contributed by atoms with Crippen molar-refractivity contribution in [3.63, 3.8) is 0 Å². The molecule has 1 amide bonds. The molecule has 2 rings (SSSR count). The van der Waals surface area contributed by atoms with Gasteiger partial charge in [0, 0.05) is 11.8 Å². The molecule has 12 heavy (non-hydrogen) atoms. The highest BCUT2D eigenvalue weighted by molar-refractivity contribution is 8.00. The van der Waals surface area contributed by atoms with Gasteiger partial charge in [-0.05, 0) is 12.3 Å². The highest BCUT2D eigenvalue weighted by Gasteiger charge is 2.48. The van der Waals surface area contributed by atoms with Gasteiger partial charge in [-0.3, -0.25) is 4.79 Å². The van der Waals surface area contributed by atoms with Crippen LogP contribution in [0.5, 0.6) is 0 Å². The molecule has 0 aromatic rings. The lowest BCUT2D eigenvalue weighted by Crippen LogP contribution is -2.62. The van der Waals surface area contributed by atoms with E-state index in [1.54, 1.807) is 0 Å². The number of β-lactam (4-membered cyclic amide) rings is 1. The van der Waals surface area contributed by atoms with Crippen LogP contribution in [0.3, 0.4) is 0 Å². The number of thioether (sulfide) groups is 1. The van der Waals surface area contributed by atoms with Gasteiger partial charge in [0.1, 0.15) is 0 Å². The topological polar surface area (TPSA) is 20.3 Å². The first-order valence-electron chi connectivity index (χ1n) is 4.45. The molecule has 3 heteroatoms. The second-order valence-corrected chi connectivity index (χ2v) is 5.60. The van der Waals surface area contributed by atoms with Gasteiger partial charge in [-0.2, -0.15) is 0 Å². The molecule has 2 heterocycles. The molecule has 0 saturated carbocycles. The number of rotatable bonds is 0. The summed E-state index contributed by atoms with van der Waals surface area (Å²) in [5, 5.41) is 0.500. The average molecular weight is 185 g/mol. The Bertz CT molecular complexity index is 227. The zero-order chi connectivity index (χ0) is 8.93. The van der Waals surface area contributed by atoms with Gasteiger partial charge in [0.25, 0.3) is 0 Å². The van der Waals surface area contributed by atoms with E-state index in [4.69, 9.17) is 0 Å². The van der Waals surface area contributed by atoms with E-state index in [1.807, 2.05) is 16.7 Å². The van der Waals surface area contributed by atoms with Crippen molar-refractivity contribution in [1.82, 2.24) is 4.90 Å². The second-order valence-electron chi connectivity index (χ2n) is 4.44. The number of fused-ring (bicyclic) bond motifs is 1. The van der Waals surface area contributed by atoms with Crippen molar-refractivity contribution in [3.05, 3.63) is 0 Å². The number of hydrogen-bond donors (Lipinski definition) is 0. The van der Waals surface area contributed by atoms with Crippen LogP contribution in [0.25, 0.3) is 0 Å². The number of nitrogens with zero attached hydrogens (tertiary/aromatic N) is 1. The molecule has 0 N–H and O–H groups in total. The molecule has 68 valence electrons. The number of hydrogen-bond acceptors (Lipinski definition) is 2. The smallest absolute Gasteiger partial charge is 0.226 e. The van der Waals surface area contributed by atoms with E-state index in [2.05, 4.69) is 20.8 Å². The maximum atomic E-state index is 11.3. The van der Waals surface area contributed by atoms with E-state index in [-0.39, 0.29) is 5.41 Å². The SMILES string of the molecule is CC1N2C(=O)CC2SCC1(C)C. The minimum Gasteiger partial charge on any atom is -0.327 e. The van der Waals surface area contributed by atoms with Gasteiger partial charge in [-0.1, -0.05) is 13.8 Å². The lowest BCUT2D eigenvalue weighted by Gasteiger charge is -2.54. The monoisotopic (exact) mass is 185 g/mol. The summed E-state index contributed by atoms with van der Waals surface area (Å²) in [5.41, 5.74) is 0.289. The van der Waals surface area contributed by atoms with Crippen molar-refractivity contribution in [2.45, 2.75) is 38.6 Å². The zero-order valence-corrected chi connectivity index (χ0v) is 8.65. The van der Waals surface area contributed by atoms with Crippen molar-refractivity contribution in [1.29, 1.82) is 0 Å². The molecular weight excluding hydrogens is 170 g/mol. The largest absolute Gasteiger partial charge is 0.327 e. The first-order chi connectivity index (χ1) is 5.52. The molecule has 0 aromatic heterocycles. The molecule has 0 aliphatic carbocycles. The summed E-state index contributed by atoms with van der Waals surface area (Å²) >= 11 is 1.93. The molecule has 2 saturated heterocycles. The molecule has 2 atom stereocenters. The first-order valence-corrected chi connectivity index (χ1v) is 5.50. The van der Waals surface area contributed by atoms with Crippen LogP contribution in [0.4, 0.5) is 0 Å². The van der Waals surface area contributed by atoms with Crippen LogP contribution in [0.2, 0.25) is 0 Å². The molecule has 2 aliphatic heterocycles. The predicted octanol–water partition coefficient (Wildman–Crippen LogP) is 1.71. The van der Waals surface area contributed by atoms with Crippen LogP contribution >= 0.6 is 11.8 Å². The van der Waals surface area contributed by atoms with Crippen molar-refractivity contribution in [2.24, 2.45) is 5.41 Å². The Kier molecular flexibility index (Phi) is 1.69. The van der Waals surface area contributed by atoms with Gasteiger partial charge in [0.2, 0.25) is 5.91 Å². The molecule has 0 bridgehead atoms. The average Bonchev–Trinajstić information content (AvgIpc) is 1.95. The summed E-state index contributed by atoms with van der Waals surface area (Å²) in [6.07, 6.45) is 0.769. The van der Waals surface area contributed by atoms with Crippen molar-refractivity contribution in [2.75, 3.05) is 5.75 Å². The van der Waals surface area contributed by atoms with E-state index in [0.29, 0.717) is 17.3 Å². The fraction of sp³-hybridized carbons (Fsp3) is 0.889. The Morgan fingerprint density at radius 1 is 1.58 bits per heavy atom. The van der Waals surface area contributed by atoms with Crippen molar-refractivity contribution >= 4 is 17.7 Å². The molecule has 0 spiro atoms. The third kappa shape index (κ3) is 0.987. The quantitative estimate of drug-likeness (QED) is 0.535. The van der Waals surface area contributed by atoms with E-state index >= 15 is 0 Å². The fourth-order valence-corrected chi connectivity index (χ4v) is 3.40. The van der Waals surface area contributed by atoms with Crippen LogP contribution in [-0.4, -0.2) is 28.0 Å². The Morgan fingerprint density at radius 2 is 2.25 bits per heavy atom. The molecule has 0 aromatic carbocycles. The predicted molar refractivity (Wildman–Crippen MR) is 51.0 cm³/mol. The van der Waals surface area contributed by atoms with Gasteiger partial charge >= 0.3 is 0 Å². The van der Waals surface area contributed by atoms with E-state index in [0.717, 1.165) is 6.42 Å². The van der Waals surface area contributed by atoms with E-state index in [1.165, 1.54) is 5.75 Å². The normalized spacial score (nSPS) is 38.9. The van der Waals surface area contributed by atoms with Gasteiger partial charge in [0.05, 0.1) is 11.8 Å². The third-order valence-corrected chi connectivity index (χ3v) is 4.83. The highest BCUT2D eigenvalue weighted by Crippen LogP contribution is 2.45. The summed E-state index contributed by atoms with van der Waals surface area (Å²) in [6.45, 7) is 6.66. The summed E-state index contributed by atoms with van der Waals surface area (Å²) in [6, 6.07) is 0.421. The van der Waals surface area contributed by atoms with Crippen LogP contribution in [0.1, 0.15) is 27.2 Å². The van der Waals surface area contributed by atoms with E-state index in [9.17, 15) is 4.79 Å². The van der Waals surface area contributed by atoms with Gasteiger partial charge in [-0.25, -0.2) is 0 Å². The van der Waals surface area contributed by atoms with Crippen molar-refractivity contribution in [3.8, 4) is 0 Å². The maximum Gasteiger partial charge on any atom is 0.226 e. The Labute approximate surface area is 77.7 Å². The second kappa shape index (κ2) is 2.41. The molecular formula is C9H15NOS. The summed E-state index contributed by atoms with van der Waals surface area (Å²) in [7, 11) is 0. The molecule has 0 radical (unpaired) electrons. The molecule has 2 unspecified atom stereocenters. The van der Waals surface area contributed by atoms with Crippen LogP contribution < -0.4 is 0 Å². The zero-order valence-electron chi connectivity index (χ0n) is 7.83. The minimum absolute atomic E-state index is 0.289. The van der Waals surface area contributed by atoms with Gasteiger partial charge < -0.3 is 4.90 Å². The third-order valence-electron chi connectivity index (χ3n) is 3.14. The van der Waals surface area contributed by atoms with Gasteiger partial charge in [0.15, 0.2) is 0 Å². The number of amides is 1.